The summed E-state index contributed by atoms with van der Waals surface area (Å²) in [4.78, 5) is 0. The topological polar surface area (TPSA) is 80.5 Å². The molecule has 2 rings (SSSR count). The van der Waals surface area contributed by atoms with Crippen LogP contribution in [-0.2, 0) is 6.54 Å². The fourth-order valence-electron chi connectivity index (χ4n) is 1.33. The second-order valence-electron chi connectivity index (χ2n) is 3.33. The molecule has 0 aliphatic heterocycles. The van der Waals surface area contributed by atoms with Gasteiger partial charge in [-0.25, -0.2) is 4.68 Å². The van der Waals surface area contributed by atoms with Gasteiger partial charge in [-0.2, -0.15) is 5.26 Å². The smallest absolute Gasteiger partial charge is 0.206 e. The summed E-state index contributed by atoms with van der Waals surface area (Å²) in [6.45, 7) is 0.344. The van der Waals surface area contributed by atoms with Crippen LogP contribution < -0.4 is 5.73 Å². The van der Waals surface area contributed by atoms with E-state index in [1.165, 1.54) is 4.68 Å². The lowest BCUT2D eigenvalue weighted by atomic mass is 10.2. The zero-order chi connectivity index (χ0) is 12.4. The third-order valence-electron chi connectivity index (χ3n) is 2.21. The third-order valence-corrected chi connectivity index (χ3v) is 2.80. The molecule has 0 spiro atoms. The maximum atomic E-state index is 8.70. The molecule has 2 N–H and O–H groups in total. The van der Waals surface area contributed by atoms with Crippen LogP contribution in [0.25, 0.3) is 0 Å². The average molecular weight is 268 g/mol. The number of aromatic nitrogens is 3. The summed E-state index contributed by atoms with van der Waals surface area (Å²) >= 11 is 11.8. The summed E-state index contributed by atoms with van der Waals surface area (Å²) < 4.78 is 1.41. The molecule has 1 aromatic heterocycles. The van der Waals surface area contributed by atoms with E-state index in [-0.39, 0.29) is 11.5 Å². The molecule has 0 atom stereocenters. The number of halogens is 2. The predicted molar refractivity (Wildman–Crippen MR) is 64.7 cm³/mol. The monoisotopic (exact) mass is 267 g/mol. The van der Waals surface area contributed by atoms with Gasteiger partial charge in [0.05, 0.1) is 6.54 Å². The van der Waals surface area contributed by atoms with Crippen molar-refractivity contribution >= 4 is 29.0 Å². The minimum absolute atomic E-state index is 0.107. The molecule has 86 valence electrons. The van der Waals surface area contributed by atoms with Crippen LogP contribution in [0.4, 0.5) is 5.82 Å². The largest absolute Gasteiger partial charge is 0.381 e. The fourth-order valence-corrected chi connectivity index (χ4v) is 1.80. The molecule has 0 amide bonds. The minimum Gasteiger partial charge on any atom is -0.381 e. The third kappa shape index (κ3) is 2.33. The Labute approximate surface area is 107 Å². The van der Waals surface area contributed by atoms with Gasteiger partial charge in [-0.15, -0.1) is 5.10 Å². The molecule has 0 aliphatic carbocycles. The lowest BCUT2D eigenvalue weighted by Gasteiger charge is -2.05. The van der Waals surface area contributed by atoms with Crippen molar-refractivity contribution < 1.29 is 0 Å². The number of rotatable bonds is 2. The highest BCUT2D eigenvalue weighted by molar-refractivity contribution is 6.35. The summed E-state index contributed by atoms with van der Waals surface area (Å²) in [6, 6.07) is 6.99. The van der Waals surface area contributed by atoms with Crippen LogP contribution in [0.1, 0.15) is 11.3 Å². The van der Waals surface area contributed by atoms with Gasteiger partial charge in [0.1, 0.15) is 6.07 Å². The van der Waals surface area contributed by atoms with Gasteiger partial charge in [0.15, 0.2) is 5.82 Å². The number of nitrogens with zero attached hydrogens (tertiary/aromatic N) is 4. The van der Waals surface area contributed by atoms with E-state index in [1.54, 1.807) is 18.2 Å². The molecular formula is C10H7Cl2N5. The predicted octanol–water partition coefficient (Wildman–Crippen LogP) is 2.09. The van der Waals surface area contributed by atoms with E-state index >= 15 is 0 Å². The molecule has 0 unspecified atom stereocenters. The van der Waals surface area contributed by atoms with E-state index in [4.69, 9.17) is 34.2 Å². The Bertz CT molecular complexity index is 599. The van der Waals surface area contributed by atoms with E-state index in [9.17, 15) is 0 Å². The molecule has 0 saturated carbocycles. The SMILES string of the molecule is N#Cc1nnn(Cc2ccc(Cl)cc2Cl)c1N. The van der Waals surface area contributed by atoms with Crippen LogP contribution in [0.3, 0.4) is 0 Å². The van der Waals surface area contributed by atoms with Crippen molar-refractivity contribution in [3.63, 3.8) is 0 Å². The highest BCUT2D eigenvalue weighted by atomic mass is 35.5. The number of hydrogen-bond donors (Lipinski definition) is 1. The van der Waals surface area contributed by atoms with Gasteiger partial charge in [0.25, 0.3) is 0 Å². The zero-order valence-electron chi connectivity index (χ0n) is 8.56. The molecule has 0 saturated heterocycles. The Morgan fingerprint density at radius 3 is 2.76 bits per heavy atom. The number of benzene rings is 1. The molecule has 7 heteroatoms. The van der Waals surface area contributed by atoms with Gasteiger partial charge in [-0.1, -0.05) is 34.5 Å². The van der Waals surface area contributed by atoms with E-state index < -0.39 is 0 Å². The van der Waals surface area contributed by atoms with Crippen LogP contribution in [0.5, 0.6) is 0 Å². The quantitative estimate of drug-likeness (QED) is 0.904. The Kier molecular flexibility index (Phi) is 3.18. The minimum atomic E-state index is 0.107. The molecule has 1 aromatic carbocycles. The van der Waals surface area contributed by atoms with Gasteiger partial charge in [-0.3, -0.25) is 0 Å². The second kappa shape index (κ2) is 4.62. The summed E-state index contributed by atoms with van der Waals surface area (Å²) in [5.41, 5.74) is 6.60. The summed E-state index contributed by atoms with van der Waals surface area (Å²) in [7, 11) is 0. The first kappa shape index (κ1) is 11.7. The Hall–Kier alpha value is -1.77. The lowest BCUT2D eigenvalue weighted by molar-refractivity contribution is 0.657. The van der Waals surface area contributed by atoms with Crippen molar-refractivity contribution in [1.29, 1.82) is 5.26 Å². The van der Waals surface area contributed by atoms with Gasteiger partial charge < -0.3 is 5.73 Å². The highest BCUT2D eigenvalue weighted by Crippen LogP contribution is 2.22. The van der Waals surface area contributed by atoms with Crippen molar-refractivity contribution in [3.05, 3.63) is 39.5 Å². The van der Waals surface area contributed by atoms with Crippen molar-refractivity contribution in [2.75, 3.05) is 5.73 Å². The summed E-state index contributed by atoms with van der Waals surface area (Å²) in [5, 5.41) is 17.2. The molecule has 17 heavy (non-hydrogen) atoms. The van der Waals surface area contributed by atoms with Crippen LogP contribution in [-0.4, -0.2) is 15.0 Å². The maximum Gasteiger partial charge on any atom is 0.206 e. The van der Waals surface area contributed by atoms with E-state index in [2.05, 4.69) is 10.3 Å². The average Bonchev–Trinajstić information content (AvgIpc) is 2.64. The van der Waals surface area contributed by atoms with Crippen molar-refractivity contribution in [1.82, 2.24) is 15.0 Å². The van der Waals surface area contributed by atoms with E-state index in [0.29, 0.717) is 16.6 Å². The normalized spacial score (nSPS) is 10.2. The van der Waals surface area contributed by atoms with E-state index in [0.717, 1.165) is 5.56 Å². The molecule has 1 heterocycles. The first-order valence-electron chi connectivity index (χ1n) is 4.65. The van der Waals surface area contributed by atoms with Crippen LogP contribution >= 0.6 is 23.2 Å². The standard InChI is InChI=1S/C10H7Cl2N5/c11-7-2-1-6(8(12)3-7)5-17-10(14)9(4-13)15-16-17/h1-3H,5,14H2. The molecule has 0 radical (unpaired) electrons. The second-order valence-corrected chi connectivity index (χ2v) is 4.17. The van der Waals surface area contributed by atoms with Gasteiger partial charge >= 0.3 is 0 Å². The Morgan fingerprint density at radius 2 is 2.18 bits per heavy atom. The van der Waals surface area contributed by atoms with E-state index in [1.807, 2.05) is 6.07 Å². The van der Waals surface area contributed by atoms with Crippen molar-refractivity contribution in [2.24, 2.45) is 0 Å². The van der Waals surface area contributed by atoms with Gasteiger partial charge in [0.2, 0.25) is 5.69 Å². The van der Waals surface area contributed by atoms with Crippen molar-refractivity contribution in [3.8, 4) is 6.07 Å². The molecule has 0 fully saturated rings. The zero-order valence-corrected chi connectivity index (χ0v) is 10.1. The number of hydrogen-bond acceptors (Lipinski definition) is 4. The van der Waals surface area contributed by atoms with Crippen LogP contribution in [0, 0.1) is 11.3 Å². The molecule has 2 aromatic rings. The highest BCUT2D eigenvalue weighted by Gasteiger charge is 2.10. The number of nitrogens with two attached hydrogens (primary N) is 1. The number of nitrogen functional groups attached to an aromatic ring is 1. The Morgan fingerprint density at radius 1 is 1.41 bits per heavy atom. The summed E-state index contributed by atoms with van der Waals surface area (Å²) in [5.74, 6) is 0.221. The first-order chi connectivity index (χ1) is 8.11. The molecular weight excluding hydrogens is 261 g/mol. The van der Waals surface area contributed by atoms with Gasteiger partial charge in [-0.05, 0) is 17.7 Å². The fraction of sp³-hybridized carbons (Fsp3) is 0.100. The van der Waals surface area contributed by atoms with Crippen molar-refractivity contribution in [2.45, 2.75) is 6.54 Å². The summed E-state index contributed by atoms with van der Waals surface area (Å²) in [6.07, 6.45) is 0. The Balaban J connectivity index is 2.32. The van der Waals surface area contributed by atoms with Gasteiger partial charge in [0, 0.05) is 10.0 Å². The maximum absolute atomic E-state index is 8.70. The van der Waals surface area contributed by atoms with Crippen LogP contribution in [0.15, 0.2) is 18.2 Å². The lowest BCUT2D eigenvalue weighted by Crippen LogP contribution is -2.06. The molecule has 0 aliphatic rings. The number of anilines is 1. The first-order valence-corrected chi connectivity index (χ1v) is 5.40. The number of nitriles is 1. The van der Waals surface area contributed by atoms with Crippen LogP contribution in [0.2, 0.25) is 10.0 Å². The molecule has 0 bridgehead atoms. The molecule has 5 nitrogen and oxygen atoms in total.